The molecule has 0 amide bonds. The standard InChI is InChI=1S/C25H27NO3/c1-18(25(27)29-3)16-21-17-22(28-2)14-15-23(21)26-24(19-10-6-4-7-11-19)20-12-8-5-9-13-20/h4-15,17-18,24,26H,16H2,1-3H3. The number of carbonyl (C=O) groups excluding carboxylic acids is 1. The minimum absolute atomic E-state index is 0.0158. The molecule has 3 aromatic rings. The Labute approximate surface area is 172 Å². The van der Waals surface area contributed by atoms with Crippen molar-refractivity contribution in [3.8, 4) is 5.75 Å². The van der Waals surface area contributed by atoms with Crippen LogP contribution in [0, 0.1) is 5.92 Å². The molecular weight excluding hydrogens is 362 g/mol. The third-order valence-corrected chi connectivity index (χ3v) is 5.01. The average molecular weight is 389 g/mol. The van der Waals surface area contributed by atoms with Gasteiger partial charge in [0, 0.05) is 5.69 Å². The molecule has 4 nitrogen and oxygen atoms in total. The molecule has 0 aliphatic rings. The van der Waals surface area contributed by atoms with Gasteiger partial charge in [-0.2, -0.15) is 0 Å². The van der Waals surface area contributed by atoms with E-state index < -0.39 is 0 Å². The number of hydrogen-bond donors (Lipinski definition) is 1. The second kappa shape index (κ2) is 9.78. The van der Waals surface area contributed by atoms with E-state index in [1.807, 2.05) is 61.5 Å². The zero-order chi connectivity index (χ0) is 20.6. The van der Waals surface area contributed by atoms with Gasteiger partial charge in [0.15, 0.2) is 0 Å². The summed E-state index contributed by atoms with van der Waals surface area (Å²) in [6.07, 6.45) is 0.558. The molecular formula is C25H27NO3. The van der Waals surface area contributed by atoms with Crippen molar-refractivity contribution < 1.29 is 14.3 Å². The fraction of sp³-hybridized carbons (Fsp3) is 0.240. The summed E-state index contributed by atoms with van der Waals surface area (Å²) in [4.78, 5) is 12.0. The number of rotatable bonds is 8. The molecule has 0 heterocycles. The number of esters is 1. The molecule has 4 heteroatoms. The highest BCUT2D eigenvalue weighted by molar-refractivity contribution is 5.73. The third-order valence-electron chi connectivity index (χ3n) is 5.01. The van der Waals surface area contributed by atoms with Crippen LogP contribution in [-0.2, 0) is 16.0 Å². The van der Waals surface area contributed by atoms with Crippen LogP contribution in [0.4, 0.5) is 5.69 Å². The Hall–Kier alpha value is -3.27. The van der Waals surface area contributed by atoms with E-state index >= 15 is 0 Å². The van der Waals surface area contributed by atoms with E-state index in [1.165, 1.54) is 18.2 Å². The van der Waals surface area contributed by atoms with Crippen LogP contribution in [0.1, 0.15) is 29.7 Å². The van der Waals surface area contributed by atoms with E-state index in [4.69, 9.17) is 9.47 Å². The average Bonchev–Trinajstić information content (AvgIpc) is 2.78. The van der Waals surface area contributed by atoms with Gasteiger partial charge in [0.2, 0.25) is 0 Å². The topological polar surface area (TPSA) is 47.6 Å². The van der Waals surface area contributed by atoms with E-state index in [0.29, 0.717) is 6.42 Å². The first-order valence-electron chi connectivity index (χ1n) is 9.73. The Morgan fingerprint density at radius 2 is 1.48 bits per heavy atom. The van der Waals surface area contributed by atoms with Gasteiger partial charge in [0.1, 0.15) is 5.75 Å². The highest BCUT2D eigenvalue weighted by Gasteiger charge is 2.19. The van der Waals surface area contributed by atoms with Gasteiger partial charge < -0.3 is 14.8 Å². The summed E-state index contributed by atoms with van der Waals surface area (Å²) >= 11 is 0. The maximum Gasteiger partial charge on any atom is 0.308 e. The molecule has 0 aliphatic heterocycles. The summed E-state index contributed by atoms with van der Waals surface area (Å²) in [7, 11) is 3.07. The molecule has 3 rings (SSSR count). The fourth-order valence-corrected chi connectivity index (χ4v) is 3.43. The number of ether oxygens (including phenoxy) is 2. The van der Waals surface area contributed by atoms with Gasteiger partial charge in [-0.15, -0.1) is 0 Å². The zero-order valence-electron chi connectivity index (χ0n) is 17.1. The second-order valence-electron chi connectivity index (χ2n) is 7.05. The number of methoxy groups -OCH3 is 2. The molecule has 0 saturated carbocycles. The molecule has 1 unspecified atom stereocenters. The predicted molar refractivity (Wildman–Crippen MR) is 116 cm³/mol. The molecule has 1 N–H and O–H groups in total. The first-order chi connectivity index (χ1) is 14.1. The highest BCUT2D eigenvalue weighted by atomic mass is 16.5. The number of hydrogen-bond acceptors (Lipinski definition) is 4. The normalized spacial score (nSPS) is 11.7. The van der Waals surface area contributed by atoms with Crippen molar-refractivity contribution in [1.29, 1.82) is 0 Å². The van der Waals surface area contributed by atoms with Gasteiger partial charge in [-0.3, -0.25) is 4.79 Å². The van der Waals surface area contributed by atoms with E-state index in [9.17, 15) is 4.79 Å². The Bertz CT molecular complexity index is 886. The lowest BCUT2D eigenvalue weighted by atomic mass is 9.96. The van der Waals surface area contributed by atoms with Crippen molar-refractivity contribution in [1.82, 2.24) is 0 Å². The number of benzene rings is 3. The van der Waals surface area contributed by atoms with Crippen LogP contribution >= 0.6 is 0 Å². The second-order valence-corrected chi connectivity index (χ2v) is 7.05. The van der Waals surface area contributed by atoms with Gasteiger partial charge >= 0.3 is 5.97 Å². The largest absolute Gasteiger partial charge is 0.497 e. The van der Waals surface area contributed by atoms with Gasteiger partial charge in [0.05, 0.1) is 26.2 Å². The van der Waals surface area contributed by atoms with Crippen LogP contribution < -0.4 is 10.1 Å². The van der Waals surface area contributed by atoms with Crippen molar-refractivity contribution in [3.63, 3.8) is 0 Å². The van der Waals surface area contributed by atoms with E-state index in [-0.39, 0.29) is 17.9 Å². The Morgan fingerprint density at radius 1 is 0.897 bits per heavy atom. The maximum absolute atomic E-state index is 12.0. The molecule has 0 bridgehead atoms. The first-order valence-corrected chi connectivity index (χ1v) is 9.73. The highest BCUT2D eigenvalue weighted by Crippen LogP contribution is 2.31. The molecule has 0 aromatic heterocycles. The minimum Gasteiger partial charge on any atom is -0.497 e. The van der Waals surface area contributed by atoms with E-state index in [2.05, 4.69) is 29.6 Å². The summed E-state index contributed by atoms with van der Waals surface area (Å²) in [5, 5.41) is 3.69. The molecule has 0 saturated heterocycles. The minimum atomic E-state index is -0.250. The van der Waals surface area contributed by atoms with E-state index in [1.54, 1.807) is 7.11 Å². The summed E-state index contributed by atoms with van der Waals surface area (Å²) in [5.41, 5.74) is 4.32. The van der Waals surface area contributed by atoms with Gasteiger partial charge in [-0.25, -0.2) is 0 Å². The zero-order valence-corrected chi connectivity index (χ0v) is 17.1. The monoisotopic (exact) mass is 389 g/mol. The Morgan fingerprint density at radius 3 is 2.00 bits per heavy atom. The van der Waals surface area contributed by atoms with Crippen LogP contribution in [0.25, 0.3) is 0 Å². The van der Waals surface area contributed by atoms with Crippen molar-refractivity contribution in [2.45, 2.75) is 19.4 Å². The van der Waals surface area contributed by atoms with Crippen LogP contribution in [0.5, 0.6) is 5.75 Å². The number of anilines is 1. The van der Waals surface area contributed by atoms with E-state index in [0.717, 1.165) is 17.0 Å². The lowest BCUT2D eigenvalue weighted by Gasteiger charge is -2.24. The number of carbonyl (C=O) groups is 1. The lowest BCUT2D eigenvalue weighted by molar-refractivity contribution is -0.144. The van der Waals surface area contributed by atoms with Crippen molar-refractivity contribution in [2.24, 2.45) is 5.92 Å². The Kier molecular flexibility index (Phi) is 6.90. The first kappa shape index (κ1) is 20.5. The molecule has 0 fully saturated rings. The lowest BCUT2D eigenvalue weighted by Crippen LogP contribution is -2.18. The fourth-order valence-electron chi connectivity index (χ4n) is 3.43. The number of nitrogens with one attached hydrogen (secondary N) is 1. The summed E-state index contributed by atoms with van der Waals surface area (Å²) in [6, 6.07) is 26.6. The molecule has 1 atom stereocenters. The molecule has 150 valence electrons. The van der Waals surface area contributed by atoms with Crippen LogP contribution in [0.3, 0.4) is 0 Å². The Balaban J connectivity index is 1.98. The summed E-state index contributed by atoms with van der Waals surface area (Å²) in [6.45, 7) is 1.88. The predicted octanol–water partition coefficient (Wildman–Crippen LogP) is 5.25. The van der Waals surface area contributed by atoms with Crippen molar-refractivity contribution in [3.05, 3.63) is 95.6 Å². The van der Waals surface area contributed by atoms with Gasteiger partial charge in [-0.05, 0) is 41.3 Å². The summed E-state index contributed by atoms with van der Waals surface area (Å²) < 4.78 is 10.3. The molecule has 0 spiro atoms. The SMILES string of the molecule is COC(=O)C(C)Cc1cc(OC)ccc1NC(c1ccccc1)c1ccccc1. The van der Waals surface area contributed by atoms with Crippen molar-refractivity contribution >= 4 is 11.7 Å². The van der Waals surface area contributed by atoms with Gasteiger partial charge in [0.25, 0.3) is 0 Å². The smallest absolute Gasteiger partial charge is 0.308 e. The summed E-state index contributed by atoms with van der Waals surface area (Å²) in [5.74, 6) is 0.291. The molecule has 0 aliphatic carbocycles. The molecule has 29 heavy (non-hydrogen) atoms. The quantitative estimate of drug-likeness (QED) is 0.535. The van der Waals surface area contributed by atoms with Crippen LogP contribution in [-0.4, -0.2) is 20.2 Å². The van der Waals surface area contributed by atoms with Gasteiger partial charge in [-0.1, -0.05) is 67.6 Å². The molecule has 3 aromatic carbocycles. The maximum atomic E-state index is 12.0. The molecule has 0 radical (unpaired) electrons. The van der Waals surface area contributed by atoms with Crippen molar-refractivity contribution in [2.75, 3.05) is 19.5 Å². The van der Waals surface area contributed by atoms with Crippen LogP contribution in [0.2, 0.25) is 0 Å². The van der Waals surface area contributed by atoms with Crippen LogP contribution in [0.15, 0.2) is 78.9 Å². The third kappa shape index (κ3) is 5.17.